The standard InChI is InChI=1S/C25H20Cl2N2O2/c1-15-6-5-9-21(16(15)2)28-23-22(17-10-12-19(26)13-11-17)24(30)29(25(23)31)14-18-7-3-4-8-20(18)27/h3-13,28H,14H2,1-2H3. The van der Waals surface area contributed by atoms with Gasteiger partial charge in [0.05, 0.1) is 12.1 Å². The Bertz CT molecular complexity index is 1220. The second-order valence-corrected chi connectivity index (χ2v) is 8.26. The Labute approximate surface area is 191 Å². The smallest absolute Gasteiger partial charge is 0.278 e. The molecule has 0 saturated carbocycles. The van der Waals surface area contributed by atoms with Crippen molar-refractivity contribution in [3.63, 3.8) is 0 Å². The number of nitrogens with one attached hydrogen (secondary N) is 1. The second-order valence-electron chi connectivity index (χ2n) is 7.42. The zero-order valence-corrected chi connectivity index (χ0v) is 18.6. The van der Waals surface area contributed by atoms with E-state index in [-0.39, 0.29) is 18.1 Å². The number of hydrogen-bond donors (Lipinski definition) is 1. The summed E-state index contributed by atoms with van der Waals surface area (Å²) in [5, 5.41) is 4.29. The van der Waals surface area contributed by atoms with Gasteiger partial charge in [0.1, 0.15) is 5.70 Å². The maximum absolute atomic E-state index is 13.4. The van der Waals surface area contributed by atoms with Crippen molar-refractivity contribution in [3.8, 4) is 0 Å². The Hall–Kier alpha value is -3.08. The zero-order valence-electron chi connectivity index (χ0n) is 17.1. The van der Waals surface area contributed by atoms with Crippen LogP contribution < -0.4 is 5.32 Å². The van der Waals surface area contributed by atoms with E-state index in [1.165, 1.54) is 4.90 Å². The molecule has 1 aliphatic heterocycles. The summed E-state index contributed by atoms with van der Waals surface area (Å²) < 4.78 is 0. The van der Waals surface area contributed by atoms with Crippen molar-refractivity contribution in [1.29, 1.82) is 0 Å². The second kappa shape index (κ2) is 8.58. The lowest BCUT2D eigenvalue weighted by atomic mass is 10.0. The molecule has 156 valence electrons. The Morgan fingerprint density at radius 3 is 2.26 bits per heavy atom. The van der Waals surface area contributed by atoms with Gasteiger partial charge in [0.15, 0.2) is 0 Å². The molecule has 0 fully saturated rings. The van der Waals surface area contributed by atoms with Gasteiger partial charge < -0.3 is 5.32 Å². The molecule has 3 aromatic rings. The quantitative estimate of drug-likeness (QED) is 0.484. The van der Waals surface area contributed by atoms with Crippen LogP contribution >= 0.6 is 23.2 Å². The van der Waals surface area contributed by atoms with Crippen molar-refractivity contribution in [2.75, 3.05) is 5.32 Å². The highest BCUT2D eigenvalue weighted by molar-refractivity contribution is 6.37. The third kappa shape index (κ3) is 4.09. The summed E-state index contributed by atoms with van der Waals surface area (Å²) in [5.41, 5.74) is 4.76. The monoisotopic (exact) mass is 450 g/mol. The highest BCUT2D eigenvalue weighted by Crippen LogP contribution is 2.33. The summed E-state index contributed by atoms with van der Waals surface area (Å²) in [4.78, 5) is 28.0. The molecule has 6 heteroatoms. The van der Waals surface area contributed by atoms with Gasteiger partial charge in [-0.25, -0.2) is 0 Å². The molecule has 0 radical (unpaired) electrons. The molecule has 31 heavy (non-hydrogen) atoms. The van der Waals surface area contributed by atoms with Gasteiger partial charge in [-0.3, -0.25) is 14.5 Å². The number of nitrogens with zero attached hydrogens (tertiary/aromatic N) is 1. The van der Waals surface area contributed by atoms with E-state index in [1.807, 2.05) is 44.2 Å². The van der Waals surface area contributed by atoms with Gasteiger partial charge in [0.2, 0.25) is 0 Å². The molecule has 1 heterocycles. The molecule has 2 amide bonds. The number of hydrogen-bond acceptors (Lipinski definition) is 3. The largest absolute Gasteiger partial charge is 0.350 e. The lowest BCUT2D eigenvalue weighted by Gasteiger charge is -2.17. The van der Waals surface area contributed by atoms with Gasteiger partial charge in [0.25, 0.3) is 11.8 Å². The maximum Gasteiger partial charge on any atom is 0.278 e. The molecule has 0 aromatic heterocycles. The lowest BCUT2D eigenvalue weighted by molar-refractivity contribution is -0.137. The number of carbonyl (C=O) groups excluding carboxylic acids is 2. The van der Waals surface area contributed by atoms with Crippen LogP contribution in [0.3, 0.4) is 0 Å². The Balaban J connectivity index is 1.78. The van der Waals surface area contributed by atoms with Crippen molar-refractivity contribution >= 4 is 46.3 Å². The van der Waals surface area contributed by atoms with Gasteiger partial charge in [-0.1, -0.05) is 65.7 Å². The fourth-order valence-electron chi connectivity index (χ4n) is 3.54. The Kier molecular flexibility index (Phi) is 5.86. The molecular weight excluding hydrogens is 431 g/mol. The zero-order chi connectivity index (χ0) is 22.1. The molecule has 0 spiro atoms. The SMILES string of the molecule is Cc1cccc(NC2=C(c3ccc(Cl)cc3)C(=O)N(Cc3ccccc3Cl)C2=O)c1C. The minimum atomic E-state index is -0.393. The van der Waals surface area contributed by atoms with Crippen LogP contribution in [0.1, 0.15) is 22.3 Å². The fourth-order valence-corrected chi connectivity index (χ4v) is 3.86. The number of anilines is 1. The Morgan fingerprint density at radius 2 is 1.55 bits per heavy atom. The third-order valence-corrected chi connectivity index (χ3v) is 6.07. The number of imide groups is 1. The number of amides is 2. The number of rotatable bonds is 5. The third-order valence-electron chi connectivity index (χ3n) is 5.45. The average Bonchev–Trinajstić information content (AvgIpc) is 2.98. The predicted molar refractivity (Wildman–Crippen MR) is 125 cm³/mol. The molecule has 0 aliphatic carbocycles. The minimum absolute atomic E-state index is 0.0897. The van der Waals surface area contributed by atoms with E-state index in [2.05, 4.69) is 5.32 Å². The fraction of sp³-hybridized carbons (Fsp3) is 0.120. The van der Waals surface area contributed by atoms with Crippen LogP contribution in [0.2, 0.25) is 10.0 Å². The predicted octanol–water partition coefficient (Wildman–Crippen LogP) is 6.00. The van der Waals surface area contributed by atoms with Gasteiger partial charge in [-0.15, -0.1) is 0 Å². The first-order valence-electron chi connectivity index (χ1n) is 9.80. The first-order valence-corrected chi connectivity index (χ1v) is 10.6. The van der Waals surface area contributed by atoms with Crippen LogP contribution in [0.25, 0.3) is 5.57 Å². The average molecular weight is 451 g/mol. The van der Waals surface area contributed by atoms with Gasteiger partial charge in [-0.05, 0) is 60.4 Å². The summed E-state index contributed by atoms with van der Waals surface area (Å²) in [5.74, 6) is -0.768. The molecular formula is C25H20Cl2N2O2. The van der Waals surface area contributed by atoms with Crippen LogP contribution in [0.4, 0.5) is 5.69 Å². The summed E-state index contributed by atoms with van der Waals surface area (Å²) >= 11 is 12.3. The molecule has 4 rings (SSSR count). The summed E-state index contributed by atoms with van der Waals surface area (Å²) in [6, 6.07) is 19.9. The molecule has 0 saturated heterocycles. The van der Waals surface area contributed by atoms with E-state index in [1.54, 1.807) is 36.4 Å². The van der Waals surface area contributed by atoms with Gasteiger partial charge in [-0.2, -0.15) is 0 Å². The summed E-state index contributed by atoms with van der Waals surface area (Å²) in [6.45, 7) is 4.07. The van der Waals surface area contributed by atoms with Gasteiger partial charge in [0, 0.05) is 15.7 Å². The number of aryl methyl sites for hydroxylation is 1. The maximum atomic E-state index is 13.4. The van der Waals surface area contributed by atoms with Gasteiger partial charge >= 0.3 is 0 Å². The Morgan fingerprint density at radius 1 is 0.839 bits per heavy atom. The van der Waals surface area contributed by atoms with Crippen molar-refractivity contribution in [2.24, 2.45) is 0 Å². The highest BCUT2D eigenvalue weighted by atomic mass is 35.5. The molecule has 0 atom stereocenters. The van der Waals surface area contributed by atoms with E-state index in [0.717, 1.165) is 16.8 Å². The topological polar surface area (TPSA) is 49.4 Å². The van der Waals surface area contributed by atoms with Crippen molar-refractivity contribution in [3.05, 3.63) is 105 Å². The van der Waals surface area contributed by atoms with Crippen LogP contribution in [0.5, 0.6) is 0 Å². The van der Waals surface area contributed by atoms with Crippen molar-refractivity contribution in [2.45, 2.75) is 20.4 Å². The van der Waals surface area contributed by atoms with E-state index >= 15 is 0 Å². The molecule has 0 bridgehead atoms. The molecule has 1 N–H and O–H groups in total. The first kappa shape index (κ1) is 21.2. The minimum Gasteiger partial charge on any atom is -0.350 e. The molecule has 1 aliphatic rings. The van der Waals surface area contributed by atoms with Crippen LogP contribution in [0, 0.1) is 13.8 Å². The summed E-state index contributed by atoms with van der Waals surface area (Å²) in [6.07, 6.45) is 0. The van der Waals surface area contributed by atoms with E-state index in [4.69, 9.17) is 23.2 Å². The molecule has 4 nitrogen and oxygen atoms in total. The first-order chi connectivity index (χ1) is 14.9. The van der Waals surface area contributed by atoms with Crippen LogP contribution in [0.15, 0.2) is 72.4 Å². The van der Waals surface area contributed by atoms with E-state index in [9.17, 15) is 9.59 Å². The van der Waals surface area contributed by atoms with Crippen LogP contribution in [-0.2, 0) is 16.1 Å². The van der Waals surface area contributed by atoms with Crippen molar-refractivity contribution < 1.29 is 9.59 Å². The summed E-state index contributed by atoms with van der Waals surface area (Å²) in [7, 11) is 0. The number of halogens is 2. The molecule has 3 aromatic carbocycles. The number of benzene rings is 3. The van der Waals surface area contributed by atoms with E-state index in [0.29, 0.717) is 26.7 Å². The van der Waals surface area contributed by atoms with Crippen LogP contribution in [-0.4, -0.2) is 16.7 Å². The molecule has 0 unspecified atom stereocenters. The number of carbonyl (C=O) groups is 2. The highest BCUT2D eigenvalue weighted by Gasteiger charge is 2.39. The van der Waals surface area contributed by atoms with E-state index < -0.39 is 5.91 Å². The van der Waals surface area contributed by atoms with Crippen molar-refractivity contribution in [1.82, 2.24) is 4.90 Å². The lowest BCUT2D eigenvalue weighted by Crippen LogP contribution is -2.32. The normalized spacial score (nSPS) is 13.9.